The Labute approximate surface area is 120 Å². The monoisotopic (exact) mass is 287 g/mol. The first-order chi connectivity index (χ1) is 9.49. The van der Waals surface area contributed by atoms with Crippen LogP contribution in [-0.2, 0) is 19.1 Å². The number of piperazine rings is 1. The van der Waals surface area contributed by atoms with Crippen LogP contribution in [-0.4, -0.2) is 80.8 Å². The van der Waals surface area contributed by atoms with Gasteiger partial charge in [-0.3, -0.25) is 14.5 Å². The second kappa shape index (κ2) is 8.18. The van der Waals surface area contributed by atoms with Gasteiger partial charge in [-0.2, -0.15) is 0 Å². The molecule has 1 fully saturated rings. The van der Waals surface area contributed by atoms with Crippen LogP contribution in [0, 0.1) is 0 Å². The Kier molecular flexibility index (Phi) is 6.90. The molecule has 2 atom stereocenters. The molecule has 7 heteroatoms. The minimum atomic E-state index is -0.598. The number of rotatable bonds is 6. The fraction of sp³-hybridized carbons (Fsp3) is 0.846. The SMILES string of the molecule is COCC(N)C(=O)N1CCN(C(C)CC(=O)OC)CC1. The van der Waals surface area contributed by atoms with Gasteiger partial charge >= 0.3 is 5.97 Å². The number of nitrogens with zero attached hydrogens (tertiary/aromatic N) is 2. The van der Waals surface area contributed by atoms with Crippen molar-refractivity contribution in [2.24, 2.45) is 5.73 Å². The molecule has 0 aromatic heterocycles. The number of esters is 1. The molecule has 0 aliphatic carbocycles. The van der Waals surface area contributed by atoms with Crippen molar-refractivity contribution in [3.63, 3.8) is 0 Å². The van der Waals surface area contributed by atoms with E-state index in [1.807, 2.05) is 6.92 Å². The molecule has 0 spiro atoms. The van der Waals surface area contributed by atoms with Crippen molar-refractivity contribution in [1.29, 1.82) is 0 Å². The van der Waals surface area contributed by atoms with E-state index in [2.05, 4.69) is 9.64 Å². The van der Waals surface area contributed by atoms with Crippen molar-refractivity contribution < 1.29 is 19.1 Å². The van der Waals surface area contributed by atoms with E-state index in [-0.39, 0.29) is 24.5 Å². The van der Waals surface area contributed by atoms with Gasteiger partial charge in [-0.1, -0.05) is 0 Å². The molecule has 1 heterocycles. The van der Waals surface area contributed by atoms with Crippen molar-refractivity contribution in [2.75, 3.05) is 47.0 Å². The largest absolute Gasteiger partial charge is 0.469 e. The molecule has 1 aliphatic rings. The minimum absolute atomic E-state index is 0.0767. The number of carbonyl (C=O) groups excluding carboxylic acids is 2. The summed E-state index contributed by atoms with van der Waals surface area (Å²) < 4.78 is 9.57. The van der Waals surface area contributed by atoms with Gasteiger partial charge < -0.3 is 20.1 Å². The molecule has 7 nitrogen and oxygen atoms in total. The van der Waals surface area contributed by atoms with Gasteiger partial charge in [-0.05, 0) is 6.92 Å². The predicted molar refractivity (Wildman–Crippen MR) is 74.1 cm³/mol. The lowest BCUT2D eigenvalue weighted by Gasteiger charge is -2.38. The van der Waals surface area contributed by atoms with Gasteiger partial charge in [0.15, 0.2) is 0 Å². The van der Waals surface area contributed by atoms with Crippen LogP contribution >= 0.6 is 0 Å². The van der Waals surface area contributed by atoms with Crippen LogP contribution in [0.2, 0.25) is 0 Å². The molecule has 2 unspecified atom stereocenters. The fourth-order valence-corrected chi connectivity index (χ4v) is 2.32. The number of methoxy groups -OCH3 is 2. The molecule has 20 heavy (non-hydrogen) atoms. The van der Waals surface area contributed by atoms with E-state index in [4.69, 9.17) is 10.5 Å². The summed E-state index contributed by atoms with van der Waals surface area (Å²) >= 11 is 0. The standard InChI is InChI=1S/C13H25N3O4/c1-10(8-12(17)20-3)15-4-6-16(7-5-15)13(18)11(14)9-19-2/h10-11H,4-9,14H2,1-3H3. The third-order valence-electron chi connectivity index (χ3n) is 3.60. The fourth-order valence-electron chi connectivity index (χ4n) is 2.32. The Morgan fingerprint density at radius 1 is 1.20 bits per heavy atom. The van der Waals surface area contributed by atoms with Crippen LogP contribution in [0.1, 0.15) is 13.3 Å². The maximum absolute atomic E-state index is 12.0. The molecule has 1 saturated heterocycles. The van der Waals surface area contributed by atoms with Crippen LogP contribution in [0.15, 0.2) is 0 Å². The Bertz CT molecular complexity index is 330. The molecule has 0 aromatic carbocycles. The Hall–Kier alpha value is -1.18. The highest BCUT2D eigenvalue weighted by atomic mass is 16.5. The summed E-state index contributed by atoms with van der Waals surface area (Å²) in [5.41, 5.74) is 5.75. The van der Waals surface area contributed by atoms with Crippen LogP contribution in [0.4, 0.5) is 0 Å². The summed E-state index contributed by atoms with van der Waals surface area (Å²) in [5.74, 6) is -0.287. The van der Waals surface area contributed by atoms with E-state index < -0.39 is 6.04 Å². The summed E-state index contributed by atoms with van der Waals surface area (Å²) in [5, 5.41) is 0. The maximum Gasteiger partial charge on any atom is 0.307 e. The van der Waals surface area contributed by atoms with Crippen LogP contribution < -0.4 is 5.73 Å². The summed E-state index contributed by atoms with van der Waals surface area (Å²) in [6.45, 7) is 4.96. The number of ether oxygens (including phenoxy) is 2. The second-order valence-corrected chi connectivity index (χ2v) is 5.05. The van der Waals surface area contributed by atoms with Gasteiger partial charge in [-0.25, -0.2) is 0 Å². The number of carbonyl (C=O) groups is 2. The predicted octanol–water partition coefficient (Wildman–Crippen LogP) is -0.944. The summed E-state index contributed by atoms with van der Waals surface area (Å²) in [4.78, 5) is 27.2. The zero-order chi connectivity index (χ0) is 15.1. The smallest absolute Gasteiger partial charge is 0.307 e. The average molecular weight is 287 g/mol. The quantitative estimate of drug-likeness (QED) is 0.634. The third-order valence-corrected chi connectivity index (χ3v) is 3.60. The molecule has 0 aromatic rings. The van der Waals surface area contributed by atoms with Crippen molar-refractivity contribution in [3.05, 3.63) is 0 Å². The molecule has 1 amide bonds. The number of amides is 1. The summed E-state index contributed by atoms with van der Waals surface area (Å²) in [7, 11) is 2.92. The minimum Gasteiger partial charge on any atom is -0.469 e. The highest BCUT2D eigenvalue weighted by Gasteiger charge is 2.27. The van der Waals surface area contributed by atoms with Gasteiger partial charge in [0, 0.05) is 39.3 Å². The lowest BCUT2D eigenvalue weighted by Crippen LogP contribution is -2.55. The van der Waals surface area contributed by atoms with Crippen molar-refractivity contribution in [3.8, 4) is 0 Å². The second-order valence-electron chi connectivity index (χ2n) is 5.05. The number of hydrogen-bond donors (Lipinski definition) is 1. The first-order valence-electron chi connectivity index (χ1n) is 6.83. The molecular formula is C13H25N3O4. The Balaban J connectivity index is 2.39. The normalized spacial score (nSPS) is 19.5. The van der Waals surface area contributed by atoms with E-state index in [0.717, 1.165) is 13.1 Å². The van der Waals surface area contributed by atoms with Crippen molar-refractivity contribution in [2.45, 2.75) is 25.4 Å². The highest BCUT2D eigenvalue weighted by Crippen LogP contribution is 2.10. The Morgan fingerprint density at radius 3 is 2.30 bits per heavy atom. The highest BCUT2D eigenvalue weighted by molar-refractivity contribution is 5.81. The van der Waals surface area contributed by atoms with Gasteiger partial charge in [0.25, 0.3) is 0 Å². The van der Waals surface area contributed by atoms with Gasteiger partial charge in [-0.15, -0.1) is 0 Å². The zero-order valence-electron chi connectivity index (χ0n) is 12.5. The van der Waals surface area contributed by atoms with Crippen molar-refractivity contribution >= 4 is 11.9 Å². The van der Waals surface area contributed by atoms with Gasteiger partial charge in [0.1, 0.15) is 6.04 Å². The van der Waals surface area contributed by atoms with Crippen LogP contribution in [0.25, 0.3) is 0 Å². The summed E-state index contributed by atoms with van der Waals surface area (Å²) in [6.07, 6.45) is 0.369. The molecule has 116 valence electrons. The van der Waals surface area contributed by atoms with E-state index in [1.165, 1.54) is 14.2 Å². The molecule has 0 radical (unpaired) electrons. The molecule has 1 rings (SSSR count). The Morgan fingerprint density at radius 2 is 1.80 bits per heavy atom. The molecule has 0 saturated carbocycles. The maximum atomic E-state index is 12.0. The van der Waals surface area contributed by atoms with Gasteiger partial charge in [0.2, 0.25) is 5.91 Å². The lowest BCUT2D eigenvalue weighted by atomic mass is 10.1. The van der Waals surface area contributed by atoms with E-state index in [9.17, 15) is 9.59 Å². The van der Waals surface area contributed by atoms with E-state index >= 15 is 0 Å². The number of hydrogen-bond acceptors (Lipinski definition) is 6. The van der Waals surface area contributed by atoms with Crippen LogP contribution in [0.5, 0.6) is 0 Å². The third kappa shape index (κ3) is 4.73. The first-order valence-corrected chi connectivity index (χ1v) is 6.83. The summed E-state index contributed by atoms with van der Waals surface area (Å²) in [6, 6.07) is -0.480. The van der Waals surface area contributed by atoms with E-state index in [0.29, 0.717) is 19.5 Å². The molecule has 1 aliphatic heterocycles. The molecular weight excluding hydrogens is 262 g/mol. The van der Waals surface area contributed by atoms with Gasteiger partial charge in [0.05, 0.1) is 20.1 Å². The topological polar surface area (TPSA) is 85.1 Å². The number of nitrogens with two attached hydrogens (primary N) is 1. The van der Waals surface area contributed by atoms with Crippen LogP contribution in [0.3, 0.4) is 0 Å². The first kappa shape index (κ1) is 16.9. The zero-order valence-corrected chi connectivity index (χ0v) is 12.5. The van der Waals surface area contributed by atoms with E-state index in [1.54, 1.807) is 4.90 Å². The molecule has 0 bridgehead atoms. The van der Waals surface area contributed by atoms with Crippen molar-refractivity contribution in [1.82, 2.24) is 9.80 Å². The average Bonchev–Trinajstić information content (AvgIpc) is 2.46. The molecule has 2 N–H and O–H groups in total. The lowest BCUT2D eigenvalue weighted by molar-refractivity contribution is -0.143.